The van der Waals surface area contributed by atoms with E-state index in [1.165, 1.54) is 28.6 Å². The number of alkyl halides is 3. The molecule has 0 unspecified atom stereocenters. The minimum atomic E-state index is -4.42. The van der Waals surface area contributed by atoms with Gasteiger partial charge in [-0.05, 0) is 66.6 Å². The number of pyridine rings is 2. The molecule has 1 saturated heterocycles. The van der Waals surface area contributed by atoms with Crippen molar-refractivity contribution >= 4 is 19.9 Å². The lowest BCUT2D eigenvalue weighted by Gasteiger charge is -2.26. The summed E-state index contributed by atoms with van der Waals surface area (Å²) < 4.78 is 90.0. The van der Waals surface area contributed by atoms with E-state index < -0.39 is 31.6 Å². The van der Waals surface area contributed by atoms with Gasteiger partial charge in [-0.1, -0.05) is 30.3 Å². The van der Waals surface area contributed by atoms with E-state index in [0.717, 1.165) is 12.1 Å². The van der Waals surface area contributed by atoms with Crippen molar-refractivity contribution < 1.29 is 30.0 Å². The number of aryl methyl sites for hydroxylation is 1. The molecule has 0 atom stereocenters. The number of nitrogens with zero attached hydrogens (tertiary/aromatic N) is 3. The number of rotatable bonds is 5. The molecular weight excluding hydrogens is 563 g/mol. The van der Waals surface area contributed by atoms with Crippen LogP contribution in [0.1, 0.15) is 11.3 Å². The fraction of sp³-hybridized carbons (Fsp3) is 0.214. The molecule has 0 spiro atoms. The van der Waals surface area contributed by atoms with Crippen LogP contribution in [0.25, 0.3) is 33.8 Å². The van der Waals surface area contributed by atoms with Crippen molar-refractivity contribution in [2.24, 2.45) is 0 Å². The topological polar surface area (TPSA) is 97.3 Å². The molecule has 0 aliphatic carbocycles. The minimum Gasteiger partial charge on any atom is -0.251 e. The Morgan fingerprint density at radius 2 is 1.40 bits per heavy atom. The van der Waals surface area contributed by atoms with Crippen LogP contribution in [-0.2, 0) is 26.0 Å². The fourth-order valence-electron chi connectivity index (χ4n) is 4.46. The van der Waals surface area contributed by atoms with E-state index in [2.05, 4.69) is 4.98 Å². The van der Waals surface area contributed by atoms with E-state index in [1.807, 2.05) is 0 Å². The van der Waals surface area contributed by atoms with Crippen LogP contribution >= 0.6 is 0 Å². The summed E-state index contributed by atoms with van der Waals surface area (Å²) in [5.41, 5.74) is 3.25. The lowest BCUT2D eigenvalue weighted by molar-refractivity contribution is -0.137. The molecule has 0 bridgehead atoms. The maximum atomic E-state index is 13.2. The number of hydrogen-bond donors (Lipinski definition) is 0. The van der Waals surface area contributed by atoms with Gasteiger partial charge in [-0.2, -0.15) is 17.5 Å². The maximum absolute atomic E-state index is 13.2. The van der Waals surface area contributed by atoms with Crippen molar-refractivity contribution in [2.45, 2.75) is 18.0 Å². The average molecular weight is 588 g/mol. The first-order valence-electron chi connectivity index (χ1n) is 12.3. The third-order valence-corrected chi connectivity index (χ3v) is 10.1. The van der Waals surface area contributed by atoms with Gasteiger partial charge in [-0.25, -0.2) is 21.8 Å². The summed E-state index contributed by atoms with van der Waals surface area (Å²) in [5.74, 6) is -0.430. The molecule has 40 heavy (non-hydrogen) atoms. The Morgan fingerprint density at radius 3 is 2.08 bits per heavy atom. The number of hydrogen-bond acceptors (Lipinski definition) is 6. The number of sulfonamides is 1. The quantitative estimate of drug-likeness (QED) is 0.318. The van der Waals surface area contributed by atoms with Crippen LogP contribution in [0.2, 0.25) is 0 Å². The third-order valence-electron chi connectivity index (χ3n) is 6.58. The molecule has 1 fully saturated rings. The van der Waals surface area contributed by atoms with Crippen molar-refractivity contribution in [3.63, 3.8) is 0 Å². The number of sulfone groups is 1. The molecule has 2 aromatic carbocycles. The molecule has 0 saturated carbocycles. The Morgan fingerprint density at radius 1 is 0.750 bits per heavy atom. The molecule has 208 valence electrons. The van der Waals surface area contributed by atoms with E-state index in [1.54, 1.807) is 49.4 Å². The number of aromatic nitrogens is 2. The highest BCUT2D eigenvalue weighted by Crippen LogP contribution is 2.32. The number of benzene rings is 2. The van der Waals surface area contributed by atoms with Crippen LogP contribution in [0.5, 0.6) is 0 Å². The smallest absolute Gasteiger partial charge is 0.251 e. The molecule has 7 nitrogen and oxygen atoms in total. The van der Waals surface area contributed by atoms with E-state index in [4.69, 9.17) is 4.98 Å². The Bertz CT molecular complexity index is 1780. The van der Waals surface area contributed by atoms with Gasteiger partial charge < -0.3 is 0 Å². The summed E-state index contributed by atoms with van der Waals surface area (Å²) in [6, 6.07) is 19.9. The second-order valence-corrected chi connectivity index (χ2v) is 13.7. The van der Waals surface area contributed by atoms with E-state index in [-0.39, 0.29) is 29.5 Å². The lowest BCUT2D eigenvalue weighted by Crippen LogP contribution is -2.43. The third kappa shape index (κ3) is 5.93. The predicted molar refractivity (Wildman–Crippen MR) is 145 cm³/mol. The van der Waals surface area contributed by atoms with Crippen LogP contribution in [-0.4, -0.2) is 55.7 Å². The maximum Gasteiger partial charge on any atom is 0.416 e. The Labute approximate surface area is 230 Å². The molecule has 4 aromatic rings. The summed E-state index contributed by atoms with van der Waals surface area (Å²) in [6.45, 7) is 1.59. The summed E-state index contributed by atoms with van der Waals surface area (Å²) in [6.07, 6.45) is -4.42. The second kappa shape index (κ2) is 10.4. The molecule has 1 aliphatic heterocycles. The minimum absolute atomic E-state index is 0.0368. The molecular formula is C28H24F3N3O4S2. The van der Waals surface area contributed by atoms with Crippen LogP contribution < -0.4 is 0 Å². The first-order valence-corrected chi connectivity index (χ1v) is 15.5. The predicted octanol–water partition coefficient (Wildman–Crippen LogP) is 5.22. The van der Waals surface area contributed by atoms with Crippen molar-refractivity contribution in [1.82, 2.24) is 14.3 Å². The van der Waals surface area contributed by atoms with Gasteiger partial charge in [0.05, 0.1) is 39.0 Å². The zero-order chi connectivity index (χ0) is 28.7. The Balaban J connectivity index is 1.46. The van der Waals surface area contributed by atoms with E-state index in [9.17, 15) is 30.0 Å². The molecule has 3 heterocycles. The number of halogens is 3. The zero-order valence-electron chi connectivity index (χ0n) is 21.3. The van der Waals surface area contributed by atoms with Gasteiger partial charge in [0.25, 0.3) is 0 Å². The average Bonchev–Trinajstić information content (AvgIpc) is 2.92. The van der Waals surface area contributed by atoms with Crippen LogP contribution in [0.15, 0.2) is 83.8 Å². The first kappa shape index (κ1) is 27.9. The van der Waals surface area contributed by atoms with Gasteiger partial charge in [0.1, 0.15) is 0 Å². The normalized spacial score (nSPS) is 16.1. The summed E-state index contributed by atoms with van der Waals surface area (Å²) in [5, 5.41) is 0. The van der Waals surface area contributed by atoms with Crippen LogP contribution in [0, 0.1) is 6.92 Å². The van der Waals surface area contributed by atoms with Crippen molar-refractivity contribution in [2.75, 3.05) is 24.6 Å². The van der Waals surface area contributed by atoms with E-state index >= 15 is 0 Å². The summed E-state index contributed by atoms with van der Waals surface area (Å²) in [7, 11) is -7.14. The first-order chi connectivity index (χ1) is 18.8. The van der Waals surface area contributed by atoms with Crippen LogP contribution in [0.4, 0.5) is 13.2 Å². The SMILES string of the molecule is Cc1cc(-c2ccc(C(F)(F)F)cc2)cc(-c2cccc(-c3cccc(S(=O)(=O)N4CCS(=O)(=O)CC4)c3)n2)n1. The molecule has 0 radical (unpaired) electrons. The van der Waals surface area contributed by atoms with Gasteiger partial charge in [0.2, 0.25) is 10.0 Å². The second-order valence-electron chi connectivity index (χ2n) is 9.45. The highest BCUT2D eigenvalue weighted by atomic mass is 32.2. The largest absolute Gasteiger partial charge is 0.416 e. The van der Waals surface area contributed by atoms with Crippen molar-refractivity contribution in [3.8, 4) is 33.8 Å². The summed E-state index contributed by atoms with van der Waals surface area (Å²) in [4.78, 5) is 9.28. The zero-order valence-corrected chi connectivity index (χ0v) is 22.9. The highest BCUT2D eigenvalue weighted by Gasteiger charge is 2.32. The molecule has 5 rings (SSSR count). The Kier molecular flexibility index (Phi) is 7.28. The highest BCUT2D eigenvalue weighted by molar-refractivity contribution is 7.92. The van der Waals surface area contributed by atoms with Crippen molar-refractivity contribution in [1.29, 1.82) is 0 Å². The van der Waals surface area contributed by atoms with Gasteiger partial charge in [-0.3, -0.25) is 4.98 Å². The van der Waals surface area contributed by atoms with Gasteiger partial charge in [-0.15, -0.1) is 0 Å². The molecule has 0 N–H and O–H groups in total. The fourth-order valence-corrected chi connectivity index (χ4v) is 7.38. The molecule has 1 aliphatic rings. The molecule has 2 aromatic heterocycles. The monoisotopic (exact) mass is 587 g/mol. The molecule has 12 heteroatoms. The van der Waals surface area contributed by atoms with Gasteiger partial charge >= 0.3 is 6.18 Å². The lowest BCUT2D eigenvalue weighted by atomic mass is 10.0. The van der Waals surface area contributed by atoms with Gasteiger partial charge in [0, 0.05) is 24.3 Å². The van der Waals surface area contributed by atoms with Crippen molar-refractivity contribution in [3.05, 3.63) is 90.1 Å². The standard InChI is InChI=1S/C28H24F3N3O4S2/c1-19-16-22(20-8-10-23(11-9-20)28(29,30)31)18-27(32-19)26-7-3-6-25(33-26)21-4-2-5-24(17-21)40(37,38)34-12-14-39(35,36)15-13-34/h2-11,16-18H,12-15H2,1H3. The Hall–Kier alpha value is -3.61. The van der Waals surface area contributed by atoms with E-state index in [0.29, 0.717) is 39.5 Å². The molecule has 0 amide bonds. The van der Waals surface area contributed by atoms with Crippen LogP contribution in [0.3, 0.4) is 0 Å². The van der Waals surface area contributed by atoms with Gasteiger partial charge in [0.15, 0.2) is 9.84 Å². The summed E-state index contributed by atoms with van der Waals surface area (Å²) >= 11 is 0.